The first kappa shape index (κ1) is 8.36. The van der Waals surface area contributed by atoms with Crippen LogP contribution in [-0.2, 0) is 4.79 Å². The molecule has 0 fully saturated rings. The van der Waals surface area contributed by atoms with Crippen molar-refractivity contribution in [3.05, 3.63) is 24.5 Å². The summed E-state index contributed by atoms with van der Waals surface area (Å²) in [7, 11) is 0. The molecule has 0 unspecified atom stereocenters. The number of hydrogen-bond donors (Lipinski definition) is 1. The van der Waals surface area contributed by atoms with Gasteiger partial charge in [-0.2, -0.15) is 0 Å². The second kappa shape index (κ2) is 3.65. The molecule has 2 heterocycles. The predicted molar refractivity (Wildman–Crippen MR) is 47.2 cm³/mol. The van der Waals surface area contributed by atoms with Gasteiger partial charge in [-0.1, -0.05) is 5.10 Å². The second-order valence-corrected chi connectivity index (χ2v) is 2.42. The van der Waals surface area contributed by atoms with Crippen molar-refractivity contribution in [1.29, 1.82) is 0 Å². The molecule has 6 heteroatoms. The Bertz CT molecular complexity index is 426. The highest BCUT2D eigenvalue weighted by atomic mass is 16.4. The standard InChI is InChI=1S/C8H6N4O2/c13-5-10-8-12-11-7(14-8)6-2-1-3-9-4-6/h1-5H,(H,10,12,13). The van der Waals surface area contributed by atoms with E-state index in [0.717, 1.165) is 0 Å². The molecule has 0 aliphatic carbocycles. The molecule has 0 bridgehead atoms. The van der Waals surface area contributed by atoms with E-state index in [0.29, 0.717) is 17.9 Å². The van der Waals surface area contributed by atoms with E-state index < -0.39 is 0 Å². The number of amides is 1. The fourth-order valence-electron chi connectivity index (χ4n) is 0.938. The van der Waals surface area contributed by atoms with Gasteiger partial charge in [-0.3, -0.25) is 15.1 Å². The zero-order valence-electron chi connectivity index (χ0n) is 7.04. The van der Waals surface area contributed by atoms with Crippen LogP contribution >= 0.6 is 0 Å². The summed E-state index contributed by atoms with van der Waals surface area (Å²) in [6.07, 6.45) is 3.71. The third-order valence-electron chi connectivity index (χ3n) is 1.52. The molecule has 2 aromatic rings. The van der Waals surface area contributed by atoms with E-state index in [9.17, 15) is 4.79 Å². The van der Waals surface area contributed by atoms with E-state index >= 15 is 0 Å². The van der Waals surface area contributed by atoms with Crippen molar-refractivity contribution in [2.24, 2.45) is 0 Å². The van der Waals surface area contributed by atoms with Crippen molar-refractivity contribution < 1.29 is 9.21 Å². The minimum absolute atomic E-state index is 0.0684. The highest BCUT2D eigenvalue weighted by Crippen LogP contribution is 2.17. The molecule has 0 spiro atoms. The zero-order chi connectivity index (χ0) is 9.80. The number of aromatic nitrogens is 3. The van der Waals surface area contributed by atoms with Crippen LogP contribution in [0.1, 0.15) is 0 Å². The largest absolute Gasteiger partial charge is 0.403 e. The Hall–Kier alpha value is -2.24. The van der Waals surface area contributed by atoms with Crippen molar-refractivity contribution in [3.8, 4) is 11.5 Å². The van der Waals surface area contributed by atoms with Crippen molar-refractivity contribution in [3.63, 3.8) is 0 Å². The van der Waals surface area contributed by atoms with Gasteiger partial charge in [-0.25, -0.2) is 0 Å². The van der Waals surface area contributed by atoms with E-state index in [1.807, 2.05) is 0 Å². The Morgan fingerprint density at radius 2 is 2.36 bits per heavy atom. The second-order valence-electron chi connectivity index (χ2n) is 2.42. The number of nitrogens with one attached hydrogen (secondary N) is 1. The Labute approximate surface area is 79.0 Å². The fourth-order valence-corrected chi connectivity index (χ4v) is 0.938. The summed E-state index contributed by atoms with van der Waals surface area (Å²) in [5.74, 6) is 0.322. The molecular weight excluding hydrogens is 184 g/mol. The normalized spacial score (nSPS) is 9.71. The topological polar surface area (TPSA) is 80.9 Å². The summed E-state index contributed by atoms with van der Waals surface area (Å²) in [6, 6.07) is 3.61. The molecule has 1 N–H and O–H groups in total. The summed E-state index contributed by atoms with van der Waals surface area (Å²) >= 11 is 0. The Kier molecular flexibility index (Phi) is 2.18. The van der Waals surface area contributed by atoms with Crippen LogP contribution in [0.25, 0.3) is 11.5 Å². The number of rotatable bonds is 3. The summed E-state index contributed by atoms with van der Waals surface area (Å²) in [5.41, 5.74) is 0.707. The number of hydrogen-bond acceptors (Lipinski definition) is 5. The molecule has 0 saturated heterocycles. The molecule has 0 aliphatic rings. The van der Waals surface area contributed by atoms with Crippen molar-refractivity contribution in [2.45, 2.75) is 0 Å². The average molecular weight is 190 g/mol. The number of carbonyl (C=O) groups is 1. The number of carbonyl (C=O) groups excluding carboxylic acids is 1. The molecule has 1 amide bonds. The van der Waals surface area contributed by atoms with Crippen LogP contribution in [0.3, 0.4) is 0 Å². The summed E-state index contributed by atoms with van der Waals surface area (Å²) in [5, 5.41) is 9.58. The van der Waals surface area contributed by atoms with Gasteiger partial charge in [0, 0.05) is 12.4 Å². The van der Waals surface area contributed by atoms with Gasteiger partial charge in [-0.05, 0) is 12.1 Å². The zero-order valence-corrected chi connectivity index (χ0v) is 7.04. The summed E-state index contributed by atoms with van der Waals surface area (Å²) in [4.78, 5) is 14.0. The van der Waals surface area contributed by atoms with Gasteiger partial charge >= 0.3 is 6.01 Å². The van der Waals surface area contributed by atoms with Gasteiger partial charge in [0.25, 0.3) is 5.89 Å². The quantitative estimate of drug-likeness (QED) is 0.720. The lowest BCUT2D eigenvalue weighted by atomic mass is 10.3. The number of anilines is 1. The Morgan fingerprint density at radius 3 is 3.07 bits per heavy atom. The lowest BCUT2D eigenvalue weighted by Crippen LogP contribution is -1.92. The van der Waals surface area contributed by atoms with E-state index in [-0.39, 0.29) is 6.01 Å². The first-order valence-electron chi connectivity index (χ1n) is 3.84. The van der Waals surface area contributed by atoms with Crippen LogP contribution in [-0.4, -0.2) is 21.6 Å². The fraction of sp³-hybridized carbons (Fsp3) is 0. The van der Waals surface area contributed by atoms with Gasteiger partial charge in [0.1, 0.15) is 0 Å². The molecular formula is C8H6N4O2. The van der Waals surface area contributed by atoms with Crippen LogP contribution in [0.15, 0.2) is 28.9 Å². The maximum Gasteiger partial charge on any atom is 0.322 e. The summed E-state index contributed by atoms with van der Waals surface area (Å²) < 4.78 is 5.11. The van der Waals surface area contributed by atoms with Gasteiger partial charge in [-0.15, -0.1) is 5.10 Å². The van der Waals surface area contributed by atoms with Gasteiger partial charge in [0.2, 0.25) is 6.41 Å². The smallest absolute Gasteiger partial charge is 0.322 e. The minimum Gasteiger partial charge on any atom is -0.403 e. The lowest BCUT2D eigenvalue weighted by molar-refractivity contribution is -0.105. The third kappa shape index (κ3) is 1.58. The highest BCUT2D eigenvalue weighted by Gasteiger charge is 2.06. The number of nitrogens with zero attached hydrogens (tertiary/aromatic N) is 3. The maximum atomic E-state index is 10.1. The third-order valence-corrected chi connectivity index (χ3v) is 1.52. The summed E-state index contributed by atoms with van der Waals surface area (Å²) in [6.45, 7) is 0. The van der Waals surface area contributed by atoms with Crippen LogP contribution in [0.2, 0.25) is 0 Å². The lowest BCUT2D eigenvalue weighted by Gasteiger charge is -1.90. The van der Waals surface area contributed by atoms with E-state index in [1.165, 1.54) is 0 Å². The molecule has 0 aromatic carbocycles. The van der Waals surface area contributed by atoms with Crippen LogP contribution in [0.4, 0.5) is 6.01 Å². The van der Waals surface area contributed by atoms with Crippen molar-refractivity contribution in [1.82, 2.24) is 15.2 Å². The van der Waals surface area contributed by atoms with E-state index in [4.69, 9.17) is 4.42 Å². The first-order chi connectivity index (χ1) is 6.90. The Balaban J connectivity index is 2.29. The first-order valence-corrected chi connectivity index (χ1v) is 3.84. The van der Waals surface area contributed by atoms with Crippen LogP contribution in [0, 0.1) is 0 Å². The van der Waals surface area contributed by atoms with Crippen molar-refractivity contribution in [2.75, 3.05) is 5.32 Å². The highest BCUT2D eigenvalue weighted by molar-refractivity contribution is 5.66. The molecule has 2 aromatic heterocycles. The monoisotopic (exact) mass is 190 g/mol. The maximum absolute atomic E-state index is 10.1. The molecule has 0 saturated carbocycles. The molecule has 70 valence electrons. The molecule has 0 radical (unpaired) electrons. The Morgan fingerprint density at radius 1 is 1.43 bits per heavy atom. The average Bonchev–Trinajstić information content (AvgIpc) is 2.68. The molecule has 2 rings (SSSR count). The predicted octanol–water partition coefficient (Wildman–Crippen LogP) is 0.700. The van der Waals surface area contributed by atoms with E-state index in [2.05, 4.69) is 20.5 Å². The van der Waals surface area contributed by atoms with Gasteiger partial charge < -0.3 is 4.42 Å². The van der Waals surface area contributed by atoms with Crippen molar-refractivity contribution >= 4 is 12.4 Å². The van der Waals surface area contributed by atoms with Gasteiger partial charge in [0.15, 0.2) is 0 Å². The van der Waals surface area contributed by atoms with Crippen LogP contribution < -0.4 is 5.32 Å². The van der Waals surface area contributed by atoms with Crippen LogP contribution in [0.5, 0.6) is 0 Å². The molecule has 6 nitrogen and oxygen atoms in total. The molecule has 14 heavy (non-hydrogen) atoms. The van der Waals surface area contributed by atoms with Gasteiger partial charge in [0.05, 0.1) is 5.56 Å². The molecule has 0 atom stereocenters. The molecule has 0 aliphatic heterocycles. The SMILES string of the molecule is O=CNc1nnc(-c2cccnc2)o1. The van der Waals surface area contributed by atoms with E-state index in [1.54, 1.807) is 24.5 Å². The number of pyridine rings is 1. The minimum atomic E-state index is 0.0684.